The average molecular weight is 365 g/mol. The molecule has 1 saturated carbocycles. The molecule has 0 bridgehead atoms. The van der Waals surface area contributed by atoms with Crippen molar-refractivity contribution < 1.29 is 14.4 Å². The number of nitrogens with one attached hydrogen (secondary N) is 2. The van der Waals surface area contributed by atoms with Crippen LogP contribution in [0.3, 0.4) is 0 Å². The number of imide groups is 1. The van der Waals surface area contributed by atoms with Crippen molar-refractivity contribution in [1.82, 2.24) is 14.9 Å². The van der Waals surface area contributed by atoms with Crippen molar-refractivity contribution in [3.05, 3.63) is 47.8 Å². The molecule has 1 aromatic heterocycles. The first-order valence-corrected chi connectivity index (χ1v) is 9.00. The molecular weight excluding hydrogens is 346 g/mol. The van der Waals surface area contributed by atoms with Crippen LogP contribution in [0.25, 0.3) is 0 Å². The number of carbonyl (C=O) groups excluding carboxylic acids is 3. The first kappa shape index (κ1) is 17.1. The Bertz CT molecular complexity index is 893. The Hall–Kier alpha value is -3.29. The molecule has 2 heterocycles. The molecule has 138 valence electrons. The van der Waals surface area contributed by atoms with Crippen LogP contribution < -0.4 is 10.6 Å². The zero-order valence-corrected chi connectivity index (χ0v) is 14.6. The highest BCUT2D eigenvalue weighted by Crippen LogP contribution is 2.32. The second kappa shape index (κ2) is 7.14. The molecule has 0 saturated heterocycles. The average Bonchev–Trinajstić information content (AvgIpc) is 2.93. The molecule has 1 aromatic carbocycles. The smallest absolute Gasteiger partial charge is 0.308 e. The number of carbonyl (C=O) groups is 3. The van der Waals surface area contributed by atoms with Crippen LogP contribution >= 0.6 is 0 Å². The minimum atomic E-state index is -0.526. The SMILES string of the molecule is O=C(Nc1ccc2c(c1)C(=O)N(C1CCCCC1)C2=O)Nc1ncccn1. The van der Waals surface area contributed by atoms with Crippen LogP contribution in [-0.4, -0.2) is 38.8 Å². The zero-order valence-electron chi connectivity index (χ0n) is 14.6. The molecule has 1 aliphatic carbocycles. The number of hydrogen-bond donors (Lipinski definition) is 2. The van der Waals surface area contributed by atoms with Crippen molar-refractivity contribution in [3.63, 3.8) is 0 Å². The summed E-state index contributed by atoms with van der Waals surface area (Å²) in [6.45, 7) is 0. The van der Waals surface area contributed by atoms with Crippen molar-refractivity contribution in [1.29, 1.82) is 0 Å². The Balaban J connectivity index is 1.50. The summed E-state index contributed by atoms with van der Waals surface area (Å²) in [7, 11) is 0. The highest BCUT2D eigenvalue weighted by molar-refractivity contribution is 6.22. The molecule has 0 unspecified atom stereocenters. The Kier molecular flexibility index (Phi) is 4.53. The summed E-state index contributed by atoms with van der Waals surface area (Å²) >= 11 is 0. The Labute approximate surface area is 156 Å². The van der Waals surface area contributed by atoms with Gasteiger partial charge in [-0.05, 0) is 37.1 Å². The van der Waals surface area contributed by atoms with E-state index in [4.69, 9.17) is 0 Å². The van der Waals surface area contributed by atoms with Gasteiger partial charge in [-0.3, -0.25) is 19.8 Å². The number of urea groups is 1. The molecule has 8 heteroatoms. The van der Waals surface area contributed by atoms with Crippen LogP contribution in [0.5, 0.6) is 0 Å². The molecule has 1 aliphatic heterocycles. The van der Waals surface area contributed by atoms with E-state index in [1.165, 1.54) is 17.3 Å². The van der Waals surface area contributed by atoms with Crippen LogP contribution in [0.4, 0.5) is 16.4 Å². The summed E-state index contributed by atoms with van der Waals surface area (Å²) < 4.78 is 0. The van der Waals surface area contributed by atoms with Gasteiger partial charge >= 0.3 is 6.03 Å². The second-order valence-corrected chi connectivity index (χ2v) is 6.68. The third-order valence-corrected chi connectivity index (χ3v) is 4.91. The summed E-state index contributed by atoms with van der Waals surface area (Å²) in [5.74, 6) is -0.348. The minimum absolute atomic E-state index is 0.0268. The van der Waals surface area contributed by atoms with Crippen LogP contribution in [-0.2, 0) is 0 Å². The Morgan fingerprint density at radius 2 is 1.67 bits per heavy atom. The standard InChI is InChI=1S/C19H19N5O3/c25-16-14-8-7-12(22-19(27)23-18-20-9-4-10-21-18)11-15(14)17(26)24(16)13-5-2-1-3-6-13/h4,7-11,13H,1-3,5-6H2,(H2,20,21,22,23,27). The van der Waals surface area contributed by atoms with E-state index in [9.17, 15) is 14.4 Å². The molecule has 2 aromatic rings. The minimum Gasteiger partial charge on any atom is -0.308 e. The van der Waals surface area contributed by atoms with Crippen molar-refractivity contribution in [2.24, 2.45) is 0 Å². The lowest BCUT2D eigenvalue weighted by atomic mass is 9.94. The normalized spacial score (nSPS) is 17.0. The molecule has 4 rings (SSSR count). The summed E-state index contributed by atoms with van der Waals surface area (Å²) in [5.41, 5.74) is 1.15. The van der Waals surface area contributed by atoms with Crippen LogP contribution in [0.15, 0.2) is 36.7 Å². The van der Waals surface area contributed by atoms with Crippen LogP contribution in [0, 0.1) is 0 Å². The van der Waals surface area contributed by atoms with Crippen LogP contribution in [0.2, 0.25) is 0 Å². The molecule has 0 atom stereocenters. The van der Waals surface area contributed by atoms with Gasteiger partial charge in [0, 0.05) is 24.1 Å². The number of benzene rings is 1. The van der Waals surface area contributed by atoms with Gasteiger partial charge in [-0.15, -0.1) is 0 Å². The predicted molar refractivity (Wildman–Crippen MR) is 98.5 cm³/mol. The maximum absolute atomic E-state index is 12.8. The Morgan fingerprint density at radius 1 is 0.963 bits per heavy atom. The third kappa shape index (κ3) is 3.38. The number of aromatic nitrogens is 2. The fraction of sp³-hybridized carbons (Fsp3) is 0.316. The fourth-order valence-electron chi connectivity index (χ4n) is 3.64. The van der Waals surface area contributed by atoms with Gasteiger partial charge in [-0.1, -0.05) is 19.3 Å². The number of rotatable bonds is 3. The van der Waals surface area contributed by atoms with E-state index >= 15 is 0 Å². The van der Waals surface area contributed by atoms with Gasteiger partial charge in [0.1, 0.15) is 0 Å². The summed E-state index contributed by atoms with van der Waals surface area (Å²) in [4.78, 5) is 46.8. The lowest BCUT2D eigenvalue weighted by Gasteiger charge is -2.29. The summed E-state index contributed by atoms with van der Waals surface area (Å²) in [5, 5.41) is 5.14. The maximum atomic E-state index is 12.8. The van der Waals surface area contributed by atoms with Crippen LogP contribution in [0.1, 0.15) is 52.8 Å². The summed E-state index contributed by atoms with van der Waals surface area (Å²) in [6.07, 6.45) is 7.96. The molecular formula is C19H19N5O3. The van der Waals surface area contributed by atoms with Gasteiger partial charge < -0.3 is 5.32 Å². The second-order valence-electron chi connectivity index (χ2n) is 6.68. The first-order chi connectivity index (χ1) is 13.1. The number of anilines is 2. The molecule has 1 fully saturated rings. The number of amides is 4. The highest BCUT2D eigenvalue weighted by atomic mass is 16.2. The predicted octanol–water partition coefficient (Wildman–Crippen LogP) is 3.05. The van der Waals surface area contributed by atoms with Gasteiger partial charge in [-0.2, -0.15) is 0 Å². The lowest BCUT2D eigenvalue weighted by molar-refractivity contribution is 0.0549. The van der Waals surface area contributed by atoms with Crippen molar-refractivity contribution >= 4 is 29.5 Å². The van der Waals surface area contributed by atoms with Crippen molar-refractivity contribution in [2.45, 2.75) is 38.1 Å². The van der Waals surface area contributed by atoms with E-state index in [-0.39, 0.29) is 23.8 Å². The van der Waals surface area contributed by atoms with Gasteiger partial charge in [0.2, 0.25) is 5.95 Å². The van der Waals surface area contributed by atoms with E-state index in [1.54, 1.807) is 24.3 Å². The molecule has 4 amide bonds. The van der Waals surface area contributed by atoms with Gasteiger partial charge in [0.25, 0.3) is 11.8 Å². The zero-order chi connectivity index (χ0) is 18.8. The molecule has 27 heavy (non-hydrogen) atoms. The largest absolute Gasteiger partial charge is 0.326 e. The van der Waals surface area contributed by atoms with E-state index < -0.39 is 6.03 Å². The lowest BCUT2D eigenvalue weighted by Crippen LogP contribution is -2.40. The third-order valence-electron chi connectivity index (χ3n) is 4.91. The number of nitrogens with zero attached hydrogens (tertiary/aromatic N) is 3. The van der Waals surface area contributed by atoms with Gasteiger partial charge in [0.05, 0.1) is 11.1 Å². The van der Waals surface area contributed by atoms with E-state index in [0.29, 0.717) is 16.8 Å². The fourth-order valence-corrected chi connectivity index (χ4v) is 3.64. The molecule has 0 radical (unpaired) electrons. The number of hydrogen-bond acceptors (Lipinski definition) is 5. The van der Waals surface area contributed by atoms with Gasteiger partial charge in [0.15, 0.2) is 0 Å². The summed E-state index contributed by atoms with van der Waals surface area (Å²) in [6, 6.07) is 5.84. The highest BCUT2D eigenvalue weighted by Gasteiger charge is 2.40. The monoisotopic (exact) mass is 365 g/mol. The molecule has 0 spiro atoms. The quantitative estimate of drug-likeness (QED) is 0.814. The van der Waals surface area contributed by atoms with Crippen molar-refractivity contribution in [3.8, 4) is 0 Å². The van der Waals surface area contributed by atoms with E-state index in [0.717, 1.165) is 32.1 Å². The topological polar surface area (TPSA) is 104 Å². The number of fused-ring (bicyclic) bond motifs is 1. The Morgan fingerprint density at radius 3 is 2.41 bits per heavy atom. The van der Waals surface area contributed by atoms with Crippen molar-refractivity contribution in [2.75, 3.05) is 10.6 Å². The van der Waals surface area contributed by atoms with Gasteiger partial charge in [-0.25, -0.2) is 14.8 Å². The maximum Gasteiger partial charge on any atom is 0.326 e. The van der Waals surface area contributed by atoms with E-state index in [1.807, 2.05) is 0 Å². The molecule has 2 aliphatic rings. The molecule has 2 N–H and O–H groups in total. The van der Waals surface area contributed by atoms with E-state index in [2.05, 4.69) is 20.6 Å². The molecule has 8 nitrogen and oxygen atoms in total. The first-order valence-electron chi connectivity index (χ1n) is 9.00.